The molecule has 2 nitrogen and oxygen atoms in total. The smallest absolute Gasteiger partial charge is 0.293 e. The van der Waals surface area contributed by atoms with Gasteiger partial charge < -0.3 is 4.42 Å². The van der Waals surface area contributed by atoms with Crippen LogP contribution in [0.5, 0.6) is 0 Å². The van der Waals surface area contributed by atoms with Gasteiger partial charge in [-0.3, -0.25) is 0 Å². The summed E-state index contributed by atoms with van der Waals surface area (Å²) < 4.78 is 6.17. The molecule has 2 rings (SSSR count). The minimum atomic E-state index is 0.198. The Labute approximate surface area is 81.7 Å². The van der Waals surface area contributed by atoms with Crippen LogP contribution in [0.3, 0.4) is 0 Å². The maximum atomic E-state index is 5.57. The van der Waals surface area contributed by atoms with E-state index < -0.39 is 0 Å². The summed E-state index contributed by atoms with van der Waals surface area (Å²) in [6.07, 6.45) is 0. The van der Waals surface area contributed by atoms with Crippen molar-refractivity contribution < 1.29 is 4.42 Å². The van der Waals surface area contributed by atoms with Crippen LogP contribution >= 0.6 is 34.2 Å². The number of rotatable bonds is 0. The van der Waals surface area contributed by atoms with Crippen molar-refractivity contribution in [2.75, 3.05) is 0 Å². The zero-order valence-electron chi connectivity index (χ0n) is 5.34. The highest BCUT2D eigenvalue weighted by Crippen LogP contribution is 2.23. The van der Waals surface area contributed by atoms with E-state index in [-0.39, 0.29) is 5.35 Å². The second-order valence-electron chi connectivity index (χ2n) is 2.05. The van der Waals surface area contributed by atoms with Crippen molar-refractivity contribution in [3.05, 3.63) is 27.1 Å². The second kappa shape index (κ2) is 2.64. The van der Waals surface area contributed by atoms with Crippen LogP contribution in [0.2, 0.25) is 5.35 Å². The molecule has 11 heavy (non-hydrogen) atoms. The molecule has 1 aromatic heterocycles. The number of hydrogen-bond donors (Lipinski definition) is 0. The molecule has 0 fully saturated rings. The predicted molar refractivity (Wildman–Crippen MR) is 51.7 cm³/mol. The molecule has 0 aliphatic rings. The Bertz CT molecular complexity index is 398. The molecule has 0 atom stereocenters. The van der Waals surface area contributed by atoms with E-state index >= 15 is 0 Å². The summed E-state index contributed by atoms with van der Waals surface area (Å²) in [4.78, 5) is 3.97. The molecule has 0 saturated heterocycles. The summed E-state index contributed by atoms with van der Waals surface area (Å²) in [5.41, 5.74) is 1.57. The number of halogens is 2. The molecule has 0 spiro atoms. The van der Waals surface area contributed by atoms with Crippen LogP contribution in [0.4, 0.5) is 0 Å². The molecule has 1 heterocycles. The van der Waals surface area contributed by atoms with Gasteiger partial charge in [0.1, 0.15) is 5.52 Å². The van der Waals surface area contributed by atoms with Crippen LogP contribution in [0, 0.1) is 3.57 Å². The van der Waals surface area contributed by atoms with Crippen molar-refractivity contribution in [2.24, 2.45) is 0 Å². The van der Waals surface area contributed by atoms with Crippen LogP contribution in [0.25, 0.3) is 11.1 Å². The van der Waals surface area contributed by atoms with Crippen LogP contribution in [0.1, 0.15) is 0 Å². The molecule has 0 unspecified atom stereocenters. The molecule has 0 aliphatic carbocycles. The average molecular weight is 279 g/mol. The van der Waals surface area contributed by atoms with E-state index in [9.17, 15) is 0 Å². The molecule has 0 amide bonds. The summed E-state index contributed by atoms with van der Waals surface area (Å²) in [6.45, 7) is 0. The average Bonchev–Trinajstić information content (AvgIpc) is 2.31. The highest BCUT2D eigenvalue weighted by Gasteiger charge is 2.04. The normalized spacial score (nSPS) is 10.7. The fourth-order valence-electron chi connectivity index (χ4n) is 0.888. The molecule has 0 saturated carbocycles. The first-order valence-electron chi connectivity index (χ1n) is 2.98. The number of hydrogen-bond acceptors (Lipinski definition) is 2. The summed E-state index contributed by atoms with van der Waals surface area (Å²) in [5, 5.41) is 0.198. The first kappa shape index (κ1) is 7.36. The van der Waals surface area contributed by atoms with Gasteiger partial charge in [0.15, 0.2) is 5.58 Å². The molecule has 4 heteroatoms. The van der Waals surface area contributed by atoms with Crippen LogP contribution < -0.4 is 0 Å². The quantitative estimate of drug-likeness (QED) is 0.693. The van der Waals surface area contributed by atoms with Gasteiger partial charge >= 0.3 is 0 Å². The Kier molecular flexibility index (Phi) is 1.77. The number of benzene rings is 1. The molecular weight excluding hydrogens is 276 g/mol. The van der Waals surface area contributed by atoms with Crippen molar-refractivity contribution in [2.45, 2.75) is 0 Å². The van der Waals surface area contributed by atoms with Gasteiger partial charge in [-0.05, 0) is 46.3 Å². The zero-order chi connectivity index (χ0) is 7.84. The van der Waals surface area contributed by atoms with E-state index in [0.717, 1.165) is 14.7 Å². The van der Waals surface area contributed by atoms with E-state index in [2.05, 4.69) is 27.6 Å². The third kappa shape index (κ3) is 1.22. The summed E-state index contributed by atoms with van der Waals surface area (Å²) in [7, 11) is 0. The maximum Gasteiger partial charge on any atom is 0.293 e. The van der Waals surface area contributed by atoms with Gasteiger partial charge in [-0.25, -0.2) is 0 Å². The van der Waals surface area contributed by atoms with Crippen molar-refractivity contribution in [1.82, 2.24) is 4.98 Å². The molecule has 1 aromatic carbocycles. The minimum absolute atomic E-state index is 0.198. The van der Waals surface area contributed by atoms with E-state index in [1.807, 2.05) is 18.2 Å². The molecule has 56 valence electrons. The maximum absolute atomic E-state index is 5.57. The minimum Gasteiger partial charge on any atom is -0.426 e. The van der Waals surface area contributed by atoms with Crippen LogP contribution in [-0.4, -0.2) is 4.98 Å². The number of oxazole rings is 1. The standard InChI is InChI=1S/C7H3ClINO/c8-7-10-5-3-1-2-4(9)6(5)11-7/h1-3H. The van der Waals surface area contributed by atoms with Crippen LogP contribution in [0.15, 0.2) is 22.6 Å². The predicted octanol–water partition coefficient (Wildman–Crippen LogP) is 3.09. The van der Waals surface area contributed by atoms with E-state index in [1.165, 1.54) is 0 Å². The lowest BCUT2D eigenvalue weighted by Crippen LogP contribution is -1.70. The molecule has 0 aliphatic heterocycles. The van der Waals surface area contributed by atoms with E-state index in [4.69, 9.17) is 16.0 Å². The number of fused-ring (bicyclic) bond motifs is 1. The largest absolute Gasteiger partial charge is 0.426 e. The lowest BCUT2D eigenvalue weighted by atomic mass is 10.3. The van der Waals surface area contributed by atoms with E-state index in [0.29, 0.717) is 0 Å². The molecule has 0 N–H and O–H groups in total. The summed E-state index contributed by atoms with van der Waals surface area (Å²) in [6, 6.07) is 5.74. The Balaban J connectivity index is 2.90. The van der Waals surface area contributed by atoms with Gasteiger partial charge in [0.2, 0.25) is 0 Å². The number of nitrogens with zero attached hydrogens (tertiary/aromatic N) is 1. The van der Waals surface area contributed by atoms with Crippen molar-refractivity contribution in [1.29, 1.82) is 0 Å². The van der Waals surface area contributed by atoms with Gasteiger partial charge in [-0.1, -0.05) is 6.07 Å². The van der Waals surface area contributed by atoms with Gasteiger partial charge in [-0.2, -0.15) is 4.98 Å². The zero-order valence-corrected chi connectivity index (χ0v) is 8.26. The Morgan fingerprint density at radius 3 is 3.00 bits per heavy atom. The molecule has 0 bridgehead atoms. The SMILES string of the molecule is Clc1nc2cccc(I)c2o1. The van der Waals surface area contributed by atoms with Crippen LogP contribution in [-0.2, 0) is 0 Å². The monoisotopic (exact) mass is 279 g/mol. The third-order valence-corrected chi connectivity index (χ3v) is 2.35. The van der Waals surface area contributed by atoms with Crippen molar-refractivity contribution >= 4 is 45.3 Å². The summed E-state index contributed by atoms with van der Waals surface area (Å²) >= 11 is 7.75. The number of aromatic nitrogens is 1. The topological polar surface area (TPSA) is 26.0 Å². The highest BCUT2D eigenvalue weighted by molar-refractivity contribution is 14.1. The fourth-order valence-corrected chi connectivity index (χ4v) is 1.65. The molecular formula is C7H3ClINO. The Morgan fingerprint density at radius 1 is 1.45 bits per heavy atom. The van der Waals surface area contributed by atoms with Gasteiger partial charge in [0.25, 0.3) is 5.35 Å². The fraction of sp³-hybridized carbons (Fsp3) is 0. The highest BCUT2D eigenvalue weighted by atomic mass is 127. The number of para-hydroxylation sites is 1. The van der Waals surface area contributed by atoms with Gasteiger partial charge in [0.05, 0.1) is 3.57 Å². The van der Waals surface area contributed by atoms with E-state index in [1.54, 1.807) is 0 Å². The molecule has 2 aromatic rings. The van der Waals surface area contributed by atoms with Gasteiger partial charge in [-0.15, -0.1) is 0 Å². The Hall–Kier alpha value is -0.290. The van der Waals surface area contributed by atoms with Gasteiger partial charge in [0, 0.05) is 0 Å². The van der Waals surface area contributed by atoms with Crippen molar-refractivity contribution in [3.63, 3.8) is 0 Å². The first-order valence-corrected chi connectivity index (χ1v) is 4.43. The molecule has 0 radical (unpaired) electrons. The summed E-state index contributed by atoms with van der Waals surface area (Å²) in [5.74, 6) is 0. The first-order chi connectivity index (χ1) is 5.27. The lowest BCUT2D eigenvalue weighted by molar-refractivity contribution is 0.602. The Morgan fingerprint density at radius 2 is 2.27 bits per heavy atom. The second-order valence-corrected chi connectivity index (χ2v) is 3.54. The van der Waals surface area contributed by atoms with Crippen molar-refractivity contribution in [3.8, 4) is 0 Å². The lowest BCUT2D eigenvalue weighted by Gasteiger charge is -1.87. The third-order valence-electron chi connectivity index (χ3n) is 1.34.